The molecule has 1 rings (SSSR count). The van der Waals surface area contributed by atoms with Gasteiger partial charge in [-0.25, -0.2) is 0 Å². The van der Waals surface area contributed by atoms with Gasteiger partial charge in [-0.15, -0.1) is 21.8 Å². The molecule has 0 aliphatic rings. The van der Waals surface area contributed by atoms with E-state index in [4.69, 9.17) is 34.8 Å². The minimum Gasteiger partial charge on any atom is -0.301 e. The predicted molar refractivity (Wildman–Crippen MR) is 63.8 cm³/mol. The van der Waals surface area contributed by atoms with Crippen molar-refractivity contribution >= 4 is 34.8 Å². The minimum atomic E-state index is 0.397. The third kappa shape index (κ3) is 3.45. The van der Waals surface area contributed by atoms with E-state index in [0.29, 0.717) is 22.7 Å². The Morgan fingerprint density at radius 1 is 1.20 bits per heavy atom. The molecular weight excluding hydrogens is 256 g/mol. The van der Waals surface area contributed by atoms with Crippen molar-refractivity contribution in [3.63, 3.8) is 0 Å². The SMILES string of the molecule is Cc1c(Cl)nnc(Cl)c1CN(C)CCCl. The molecule has 0 N–H and O–H groups in total. The van der Waals surface area contributed by atoms with E-state index in [1.807, 2.05) is 14.0 Å². The van der Waals surface area contributed by atoms with Crippen molar-refractivity contribution in [1.82, 2.24) is 15.1 Å². The second-order valence-corrected chi connectivity index (χ2v) is 4.41. The molecule has 1 heterocycles. The van der Waals surface area contributed by atoms with Crippen LogP contribution in [0, 0.1) is 6.92 Å². The molecule has 6 heteroatoms. The Hall–Kier alpha value is -0.0900. The normalized spacial score (nSPS) is 11.1. The fourth-order valence-electron chi connectivity index (χ4n) is 1.18. The van der Waals surface area contributed by atoms with Crippen molar-refractivity contribution in [3.8, 4) is 0 Å². The Morgan fingerprint density at radius 2 is 1.80 bits per heavy atom. The molecule has 0 saturated carbocycles. The van der Waals surface area contributed by atoms with Crippen molar-refractivity contribution in [2.45, 2.75) is 13.5 Å². The molecule has 0 atom stereocenters. The maximum Gasteiger partial charge on any atom is 0.156 e. The van der Waals surface area contributed by atoms with Gasteiger partial charge < -0.3 is 4.90 Å². The zero-order valence-corrected chi connectivity index (χ0v) is 10.9. The zero-order chi connectivity index (χ0) is 11.4. The first-order valence-corrected chi connectivity index (χ1v) is 5.77. The van der Waals surface area contributed by atoms with Crippen molar-refractivity contribution in [3.05, 3.63) is 21.4 Å². The lowest BCUT2D eigenvalue weighted by atomic mass is 10.2. The largest absolute Gasteiger partial charge is 0.301 e. The Morgan fingerprint density at radius 3 is 2.40 bits per heavy atom. The van der Waals surface area contributed by atoms with Gasteiger partial charge >= 0.3 is 0 Å². The highest BCUT2D eigenvalue weighted by atomic mass is 35.5. The van der Waals surface area contributed by atoms with Gasteiger partial charge in [0, 0.05) is 24.5 Å². The van der Waals surface area contributed by atoms with Gasteiger partial charge in [0.1, 0.15) is 0 Å². The first-order valence-electron chi connectivity index (χ1n) is 4.48. The molecule has 0 aliphatic heterocycles. The molecule has 15 heavy (non-hydrogen) atoms. The quantitative estimate of drug-likeness (QED) is 0.786. The lowest BCUT2D eigenvalue weighted by Gasteiger charge is -2.17. The molecule has 0 unspecified atom stereocenters. The molecule has 0 aromatic carbocycles. The van der Waals surface area contributed by atoms with Crippen LogP contribution in [0.25, 0.3) is 0 Å². The van der Waals surface area contributed by atoms with Crippen LogP contribution in [0.3, 0.4) is 0 Å². The van der Waals surface area contributed by atoms with Gasteiger partial charge in [-0.05, 0) is 19.5 Å². The van der Waals surface area contributed by atoms with Gasteiger partial charge in [0.25, 0.3) is 0 Å². The number of rotatable bonds is 4. The second kappa shape index (κ2) is 5.85. The fraction of sp³-hybridized carbons (Fsp3) is 0.556. The van der Waals surface area contributed by atoms with Crippen molar-refractivity contribution in [2.75, 3.05) is 19.5 Å². The third-order valence-corrected chi connectivity index (χ3v) is 2.96. The molecule has 0 spiro atoms. The molecule has 1 aromatic rings. The van der Waals surface area contributed by atoms with Gasteiger partial charge in [-0.2, -0.15) is 0 Å². The van der Waals surface area contributed by atoms with Gasteiger partial charge in [0.05, 0.1) is 0 Å². The van der Waals surface area contributed by atoms with E-state index in [-0.39, 0.29) is 0 Å². The first kappa shape index (κ1) is 13.0. The van der Waals surface area contributed by atoms with Crippen LogP contribution in [0.1, 0.15) is 11.1 Å². The average molecular weight is 269 g/mol. The third-order valence-electron chi connectivity index (χ3n) is 2.13. The summed E-state index contributed by atoms with van der Waals surface area (Å²) in [5.74, 6) is 0.583. The highest BCUT2D eigenvalue weighted by molar-refractivity contribution is 6.32. The summed E-state index contributed by atoms with van der Waals surface area (Å²) in [5.41, 5.74) is 1.78. The van der Waals surface area contributed by atoms with Crippen molar-refractivity contribution in [2.24, 2.45) is 0 Å². The Labute approximate surface area is 104 Å². The maximum absolute atomic E-state index is 5.95. The molecule has 84 valence electrons. The topological polar surface area (TPSA) is 29.0 Å². The van der Waals surface area contributed by atoms with Crippen LogP contribution in [0.5, 0.6) is 0 Å². The van der Waals surface area contributed by atoms with Crippen LogP contribution in [-0.2, 0) is 6.54 Å². The van der Waals surface area contributed by atoms with Crippen molar-refractivity contribution < 1.29 is 0 Å². The van der Waals surface area contributed by atoms with Crippen LogP contribution >= 0.6 is 34.8 Å². The first-order chi connectivity index (χ1) is 7.06. The number of nitrogens with zero attached hydrogens (tertiary/aromatic N) is 3. The molecule has 1 aromatic heterocycles. The van der Waals surface area contributed by atoms with Crippen LogP contribution in [0.2, 0.25) is 10.3 Å². The van der Waals surface area contributed by atoms with E-state index >= 15 is 0 Å². The van der Waals surface area contributed by atoms with Gasteiger partial charge in [0.2, 0.25) is 0 Å². The molecule has 0 fully saturated rings. The number of hydrogen-bond donors (Lipinski definition) is 0. The standard InChI is InChI=1S/C9H12Cl3N3/c1-6-7(5-15(2)4-3-10)9(12)14-13-8(6)11/h3-5H2,1-2H3. The zero-order valence-electron chi connectivity index (χ0n) is 8.60. The molecular formula is C9H12Cl3N3. The monoisotopic (exact) mass is 267 g/mol. The summed E-state index contributed by atoms with van der Waals surface area (Å²) in [6.45, 7) is 3.34. The summed E-state index contributed by atoms with van der Waals surface area (Å²) in [4.78, 5) is 2.05. The van der Waals surface area contributed by atoms with E-state index < -0.39 is 0 Å². The smallest absolute Gasteiger partial charge is 0.156 e. The van der Waals surface area contributed by atoms with Gasteiger partial charge in [-0.3, -0.25) is 0 Å². The fourth-order valence-corrected chi connectivity index (χ4v) is 1.86. The summed E-state index contributed by atoms with van der Waals surface area (Å²) < 4.78 is 0. The number of halogens is 3. The molecule has 0 amide bonds. The van der Waals surface area contributed by atoms with Crippen LogP contribution < -0.4 is 0 Å². The number of alkyl halides is 1. The van der Waals surface area contributed by atoms with E-state index in [9.17, 15) is 0 Å². The summed E-state index contributed by atoms with van der Waals surface area (Å²) in [6.07, 6.45) is 0. The molecule has 0 aliphatic carbocycles. The predicted octanol–water partition coefficient (Wildman–Crippen LogP) is 2.76. The lowest BCUT2D eigenvalue weighted by molar-refractivity contribution is 0.346. The number of hydrogen-bond acceptors (Lipinski definition) is 3. The van der Waals surface area contributed by atoms with Gasteiger partial charge in [0.15, 0.2) is 10.3 Å². The van der Waals surface area contributed by atoms with Crippen molar-refractivity contribution in [1.29, 1.82) is 0 Å². The molecule has 0 radical (unpaired) electrons. The summed E-state index contributed by atoms with van der Waals surface area (Å²) >= 11 is 17.5. The second-order valence-electron chi connectivity index (χ2n) is 3.31. The van der Waals surface area contributed by atoms with E-state index in [0.717, 1.165) is 17.7 Å². The molecule has 0 saturated heterocycles. The van der Waals surface area contributed by atoms with E-state index in [1.165, 1.54) is 0 Å². The highest BCUT2D eigenvalue weighted by Gasteiger charge is 2.12. The van der Waals surface area contributed by atoms with Crippen LogP contribution in [0.15, 0.2) is 0 Å². The highest BCUT2D eigenvalue weighted by Crippen LogP contribution is 2.22. The summed E-state index contributed by atoms with van der Waals surface area (Å²) in [6, 6.07) is 0. The average Bonchev–Trinajstić information content (AvgIpc) is 2.19. The molecule has 3 nitrogen and oxygen atoms in total. The van der Waals surface area contributed by atoms with E-state index in [1.54, 1.807) is 0 Å². The Balaban J connectivity index is 2.88. The maximum atomic E-state index is 5.95. The Bertz CT molecular complexity index is 344. The van der Waals surface area contributed by atoms with Crippen LogP contribution in [-0.4, -0.2) is 34.6 Å². The van der Waals surface area contributed by atoms with E-state index in [2.05, 4.69) is 15.1 Å². The Kier molecular flexibility index (Phi) is 5.06. The summed E-state index contributed by atoms with van der Waals surface area (Å²) in [7, 11) is 1.96. The molecule has 0 bridgehead atoms. The van der Waals surface area contributed by atoms with Gasteiger partial charge in [-0.1, -0.05) is 23.2 Å². The summed E-state index contributed by atoms with van der Waals surface area (Å²) in [5, 5.41) is 8.31. The minimum absolute atomic E-state index is 0.397. The van der Waals surface area contributed by atoms with Crippen LogP contribution in [0.4, 0.5) is 0 Å². The number of aromatic nitrogens is 2. The lowest BCUT2D eigenvalue weighted by Crippen LogP contribution is -2.21.